The van der Waals surface area contributed by atoms with Crippen molar-refractivity contribution >= 4 is 5.69 Å². The molecule has 2 N–H and O–H groups in total. The maximum absolute atomic E-state index is 5.58. The third-order valence-corrected chi connectivity index (χ3v) is 2.16. The van der Waals surface area contributed by atoms with Gasteiger partial charge in [0.25, 0.3) is 0 Å². The minimum Gasteiger partial charge on any atom is -0.439 e. The van der Waals surface area contributed by atoms with E-state index in [2.05, 4.69) is 9.97 Å². The van der Waals surface area contributed by atoms with Crippen LogP contribution in [0.2, 0.25) is 0 Å². The number of rotatable bonds is 3. The quantitative estimate of drug-likeness (QED) is 0.799. The molecule has 4 heteroatoms. The van der Waals surface area contributed by atoms with Crippen molar-refractivity contribution in [3.63, 3.8) is 0 Å². The topological polar surface area (TPSA) is 61.0 Å². The van der Waals surface area contributed by atoms with Gasteiger partial charge in [0, 0.05) is 17.4 Å². The molecule has 0 bridgehead atoms. The van der Waals surface area contributed by atoms with Crippen LogP contribution >= 0.6 is 0 Å². The molecule has 0 amide bonds. The average Bonchev–Trinajstić information content (AvgIpc) is 2.32. The lowest BCUT2D eigenvalue weighted by molar-refractivity contribution is 0.460. The second kappa shape index (κ2) is 4.61. The highest BCUT2D eigenvalue weighted by Gasteiger charge is 2.00. The molecule has 2 rings (SSSR count). The average molecular weight is 215 g/mol. The third-order valence-electron chi connectivity index (χ3n) is 2.16. The van der Waals surface area contributed by atoms with Crippen LogP contribution in [0.3, 0.4) is 0 Å². The van der Waals surface area contributed by atoms with Gasteiger partial charge in [0.1, 0.15) is 12.1 Å². The van der Waals surface area contributed by atoms with Crippen molar-refractivity contribution in [1.82, 2.24) is 9.97 Å². The van der Waals surface area contributed by atoms with Gasteiger partial charge in [0.15, 0.2) is 0 Å². The minimum atomic E-state index is 0.552. The maximum atomic E-state index is 5.58. The summed E-state index contributed by atoms with van der Waals surface area (Å²) in [5.41, 5.74) is 7.26. The number of aromatic nitrogens is 2. The molecule has 0 saturated heterocycles. The number of nitrogen functional groups attached to an aromatic ring is 1. The van der Waals surface area contributed by atoms with Crippen molar-refractivity contribution in [2.24, 2.45) is 0 Å². The van der Waals surface area contributed by atoms with Crippen LogP contribution in [0.1, 0.15) is 12.6 Å². The highest BCUT2D eigenvalue weighted by molar-refractivity contribution is 5.42. The van der Waals surface area contributed by atoms with Gasteiger partial charge in [-0.3, -0.25) is 0 Å². The molecular formula is C12H13N3O. The van der Waals surface area contributed by atoms with E-state index in [0.29, 0.717) is 11.6 Å². The summed E-state index contributed by atoms with van der Waals surface area (Å²) in [5, 5.41) is 0. The summed E-state index contributed by atoms with van der Waals surface area (Å²) in [4.78, 5) is 8.14. The molecule has 2 aromatic rings. The zero-order chi connectivity index (χ0) is 11.4. The number of hydrogen-bond donors (Lipinski definition) is 1. The van der Waals surface area contributed by atoms with Crippen LogP contribution in [0.15, 0.2) is 36.7 Å². The maximum Gasteiger partial charge on any atom is 0.222 e. The van der Waals surface area contributed by atoms with Crippen LogP contribution in [0.25, 0.3) is 0 Å². The van der Waals surface area contributed by atoms with Crippen LogP contribution in [0.4, 0.5) is 5.69 Å². The van der Waals surface area contributed by atoms with Crippen molar-refractivity contribution in [2.45, 2.75) is 13.3 Å². The van der Waals surface area contributed by atoms with Gasteiger partial charge >= 0.3 is 0 Å². The fourth-order valence-corrected chi connectivity index (χ4v) is 1.28. The smallest absolute Gasteiger partial charge is 0.222 e. The van der Waals surface area contributed by atoms with E-state index in [4.69, 9.17) is 10.5 Å². The lowest BCUT2D eigenvalue weighted by Crippen LogP contribution is -1.93. The number of ether oxygens (including phenoxy) is 1. The Morgan fingerprint density at radius 3 is 2.62 bits per heavy atom. The molecule has 0 radical (unpaired) electrons. The zero-order valence-electron chi connectivity index (χ0n) is 9.05. The van der Waals surface area contributed by atoms with E-state index >= 15 is 0 Å². The third kappa shape index (κ3) is 2.48. The molecule has 0 spiro atoms. The fourth-order valence-electron chi connectivity index (χ4n) is 1.28. The summed E-state index contributed by atoms with van der Waals surface area (Å²) in [6, 6.07) is 9.02. The van der Waals surface area contributed by atoms with Crippen LogP contribution in [-0.4, -0.2) is 9.97 Å². The van der Waals surface area contributed by atoms with E-state index in [0.717, 1.165) is 17.9 Å². The standard InChI is InChI=1S/C12H13N3O/c1-2-10-7-12(15-8-14-10)16-11-5-3-9(13)4-6-11/h3-8H,2,13H2,1H3. The molecule has 4 nitrogen and oxygen atoms in total. The normalized spacial score (nSPS) is 10.1. The number of hydrogen-bond acceptors (Lipinski definition) is 4. The monoisotopic (exact) mass is 215 g/mol. The molecule has 0 aliphatic rings. The van der Waals surface area contributed by atoms with Gasteiger partial charge in [0.2, 0.25) is 5.88 Å². The highest BCUT2D eigenvalue weighted by atomic mass is 16.5. The molecule has 82 valence electrons. The van der Waals surface area contributed by atoms with Gasteiger partial charge in [-0.15, -0.1) is 0 Å². The van der Waals surface area contributed by atoms with Crippen molar-refractivity contribution in [3.8, 4) is 11.6 Å². The predicted molar refractivity (Wildman–Crippen MR) is 62.3 cm³/mol. The molecule has 0 unspecified atom stereocenters. The number of aryl methyl sites for hydroxylation is 1. The predicted octanol–water partition coefficient (Wildman–Crippen LogP) is 2.41. The lowest BCUT2D eigenvalue weighted by atomic mass is 10.3. The molecule has 0 aliphatic heterocycles. The van der Waals surface area contributed by atoms with Crippen LogP contribution in [0, 0.1) is 0 Å². The van der Waals surface area contributed by atoms with Gasteiger partial charge < -0.3 is 10.5 Å². The van der Waals surface area contributed by atoms with E-state index in [-0.39, 0.29) is 0 Å². The number of anilines is 1. The Morgan fingerprint density at radius 2 is 1.94 bits per heavy atom. The summed E-state index contributed by atoms with van der Waals surface area (Å²) < 4.78 is 5.57. The SMILES string of the molecule is CCc1cc(Oc2ccc(N)cc2)ncn1. The van der Waals surface area contributed by atoms with Crippen molar-refractivity contribution in [1.29, 1.82) is 0 Å². The van der Waals surface area contributed by atoms with Crippen LogP contribution < -0.4 is 10.5 Å². The van der Waals surface area contributed by atoms with Gasteiger partial charge in [0.05, 0.1) is 0 Å². The molecular weight excluding hydrogens is 202 g/mol. The first-order valence-corrected chi connectivity index (χ1v) is 5.12. The second-order valence-electron chi connectivity index (χ2n) is 3.37. The Bertz CT molecular complexity index is 468. The van der Waals surface area contributed by atoms with Gasteiger partial charge in [-0.2, -0.15) is 0 Å². The summed E-state index contributed by atoms with van der Waals surface area (Å²) in [6.07, 6.45) is 2.37. The van der Waals surface area contributed by atoms with Crippen molar-refractivity contribution < 1.29 is 4.74 Å². The molecule has 0 fully saturated rings. The fraction of sp³-hybridized carbons (Fsp3) is 0.167. The minimum absolute atomic E-state index is 0.552. The Labute approximate surface area is 94.1 Å². The molecule has 0 saturated carbocycles. The second-order valence-corrected chi connectivity index (χ2v) is 3.37. The van der Waals surface area contributed by atoms with Gasteiger partial charge in [-0.25, -0.2) is 9.97 Å². The first-order chi connectivity index (χ1) is 7.78. The Morgan fingerprint density at radius 1 is 1.19 bits per heavy atom. The summed E-state index contributed by atoms with van der Waals surface area (Å²) in [7, 11) is 0. The first kappa shape index (κ1) is 10.4. The van der Waals surface area contributed by atoms with Crippen LogP contribution in [-0.2, 0) is 6.42 Å². The Hall–Kier alpha value is -2.10. The van der Waals surface area contributed by atoms with Gasteiger partial charge in [-0.05, 0) is 30.7 Å². The van der Waals surface area contributed by atoms with E-state index < -0.39 is 0 Å². The molecule has 16 heavy (non-hydrogen) atoms. The van der Waals surface area contributed by atoms with E-state index in [9.17, 15) is 0 Å². The van der Waals surface area contributed by atoms with Crippen molar-refractivity contribution in [3.05, 3.63) is 42.4 Å². The molecule has 1 aromatic carbocycles. The molecule has 1 aromatic heterocycles. The van der Waals surface area contributed by atoms with Crippen LogP contribution in [0.5, 0.6) is 11.6 Å². The lowest BCUT2D eigenvalue weighted by Gasteiger charge is -2.05. The van der Waals surface area contributed by atoms with Crippen molar-refractivity contribution in [2.75, 3.05) is 5.73 Å². The Kier molecular flexibility index (Phi) is 3.00. The van der Waals surface area contributed by atoms with Gasteiger partial charge in [-0.1, -0.05) is 6.92 Å². The zero-order valence-corrected chi connectivity index (χ0v) is 9.05. The Balaban J connectivity index is 2.16. The first-order valence-electron chi connectivity index (χ1n) is 5.12. The largest absolute Gasteiger partial charge is 0.439 e. The van der Waals surface area contributed by atoms with E-state index in [1.54, 1.807) is 12.1 Å². The molecule has 0 aliphatic carbocycles. The summed E-state index contributed by atoms with van der Waals surface area (Å²) in [5.74, 6) is 1.27. The highest BCUT2D eigenvalue weighted by Crippen LogP contribution is 2.20. The molecule has 0 atom stereocenters. The van der Waals surface area contributed by atoms with E-state index in [1.165, 1.54) is 6.33 Å². The van der Waals surface area contributed by atoms with E-state index in [1.807, 2.05) is 25.1 Å². The molecule has 1 heterocycles. The number of benzene rings is 1. The summed E-state index contributed by atoms with van der Waals surface area (Å²) >= 11 is 0. The summed E-state index contributed by atoms with van der Waals surface area (Å²) in [6.45, 7) is 2.04. The number of nitrogens with two attached hydrogens (primary N) is 1. The number of nitrogens with zero attached hydrogens (tertiary/aromatic N) is 2.